The second-order valence-corrected chi connectivity index (χ2v) is 11.2. The van der Waals surface area contributed by atoms with Gasteiger partial charge in [0.05, 0.1) is 22.6 Å². The number of amides is 1. The third kappa shape index (κ3) is 4.75. The third-order valence-corrected chi connectivity index (χ3v) is 8.85. The molecule has 0 radical (unpaired) electrons. The molecule has 0 spiro atoms. The van der Waals surface area contributed by atoms with Crippen LogP contribution in [0, 0.1) is 0 Å². The lowest BCUT2D eigenvalue weighted by Crippen LogP contribution is -2.42. The number of hydrogen-bond donors (Lipinski definition) is 0. The molecular weight excluding hydrogens is 430 g/mol. The Balaban J connectivity index is 1.83. The van der Waals surface area contributed by atoms with Gasteiger partial charge in [-0.25, -0.2) is 13.4 Å². The van der Waals surface area contributed by atoms with Gasteiger partial charge in [0.25, 0.3) is 5.56 Å². The summed E-state index contributed by atoms with van der Waals surface area (Å²) in [6.45, 7) is 8.37. The van der Waals surface area contributed by atoms with Gasteiger partial charge in [0.2, 0.25) is 5.91 Å². The highest BCUT2D eigenvalue weighted by Crippen LogP contribution is 2.26. The fraction of sp³-hybridized carbons (Fsp3) is 0.526. The molecule has 158 valence electrons. The van der Waals surface area contributed by atoms with E-state index in [9.17, 15) is 18.0 Å². The van der Waals surface area contributed by atoms with Gasteiger partial charge in [-0.3, -0.25) is 14.2 Å². The van der Waals surface area contributed by atoms with Crippen molar-refractivity contribution in [2.45, 2.75) is 44.4 Å². The van der Waals surface area contributed by atoms with Crippen molar-refractivity contribution in [3.63, 3.8) is 0 Å². The molecule has 29 heavy (non-hydrogen) atoms. The Labute approximate surface area is 178 Å². The van der Waals surface area contributed by atoms with E-state index in [1.54, 1.807) is 11.0 Å². The number of rotatable bonds is 8. The minimum Gasteiger partial charge on any atom is -0.338 e. The van der Waals surface area contributed by atoms with Crippen molar-refractivity contribution in [3.8, 4) is 0 Å². The van der Waals surface area contributed by atoms with Crippen molar-refractivity contribution in [1.82, 2.24) is 14.5 Å². The zero-order valence-electron chi connectivity index (χ0n) is 16.6. The van der Waals surface area contributed by atoms with Gasteiger partial charge in [0.1, 0.15) is 4.83 Å². The number of sulfone groups is 1. The van der Waals surface area contributed by atoms with Crippen LogP contribution in [0.15, 0.2) is 28.7 Å². The third-order valence-electron chi connectivity index (χ3n) is 4.96. The van der Waals surface area contributed by atoms with Crippen LogP contribution in [0.1, 0.15) is 25.1 Å². The Kier molecular flexibility index (Phi) is 6.85. The first-order valence-electron chi connectivity index (χ1n) is 9.56. The van der Waals surface area contributed by atoms with Crippen LogP contribution in [-0.2, 0) is 27.6 Å². The molecule has 0 aliphatic carbocycles. The molecule has 1 saturated heterocycles. The van der Waals surface area contributed by atoms with Gasteiger partial charge in [0.15, 0.2) is 15.0 Å². The number of aryl methyl sites for hydroxylation is 1. The van der Waals surface area contributed by atoms with E-state index in [1.807, 2.05) is 19.9 Å². The summed E-state index contributed by atoms with van der Waals surface area (Å²) in [6, 6.07) is 1.61. The molecule has 3 rings (SSSR count). The van der Waals surface area contributed by atoms with E-state index in [4.69, 9.17) is 0 Å². The molecule has 3 heterocycles. The van der Waals surface area contributed by atoms with Crippen LogP contribution in [-0.4, -0.2) is 58.6 Å². The number of carbonyl (C=O) groups is 1. The van der Waals surface area contributed by atoms with Crippen molar-refractivity contribution in [2.75, 3.05) is 23.8 Å². The maximum Gasteiger partial charge on any atom is 0.263 e. The first-order valence-corrected chi connectivity index (χ1v) is 13.2. The molecule has 1 fully saturated rings. The fourth-order valence-electron chi connectivity index (χ4n) is 3.49. The number of nitrogens with zero attached hydrogens (tertiary/aromatic N) is 3. The van der Waals surface area contributed by atoms with Crippen LogP contribution in [0.2, 0.25) is 0 Å². The van der Waals surface area contributed by atoms with Gasteiger partial charge in [-0.1, -0.05) is 24.8 Å². The van der Waals surface area contributed by atoms with Crippen molar-refractivity contribution < 1.29 is 13.2 Å². The lowest BCUT2D eigenvalue weighted by atomic mass is 10.2. The molecule has 10 heteroatoms. The van der Waals surface area contributed by atoms with Crippen molar-refractivity contribution in [1.29, 1.82) is 0 Å². The van der Waals surface area contributed by atoms with Gasteiger partial charge in [-0.05, 0) is 25.8 Å². The number of carbonyl (C=O) groups excluding carboxylic acids is 1. The van der Waals surface area contributed by atoms with Crippen LogP contribution < -0.4 is 5.56 Å². The summed E-state index contributed by atoms with van der Waals surface area (Å²) < 4.78 is 25.1. The highest BCUT2D eigenvalue weighted by Gasteiger charge is 2.33. The maximum atomic E-state index is 12.9. The van der Waals surface area contributed by atoms with E-state index in [1.165, 1.54) is 27.7 Å². The normalized spacial score (nSPS) is 18.2. The van der Waals surface area contributed by atoms with E-state index in [-0.39, 0.29) is 34.8 Å². The summed E-state index contributed by atoms with van der Waals surface area (Å²) in [5, 5.41) is 1.08. The average molecular weight is 456 g/mol. The Hall–Kier alpha value is -1.65. The van der Waals surface area contributed by atoms with Gasteiger partial charge in [0, 0.05) is 24.0 Å². The Morgan fingerprint density at radius 2 is 2.24 bits per heavy atom. The average Bonchev–Trinajstić information content (AvgIpc) is 3.26. The number of hydrogen-bond acceptors (Lipinski definition) is 7. The first kappa shape index (κ1) is 22.0. The zero-order valence-corrected chi connectivity index (χ0v) is 19.0. The molecule has 1 amide bonds. The number of thioether (sulfide) groups is 1. The molecule has 0 N–H and O–H groups in total. The van der Waals surface area contributed by atoms with E-state index >= 15 is 0 Å². The summed E-state index contributed by atoms with van der Waals surface area (Å²) in [6.07, 6.45) is 2.95. The Morgan fingerprint density at radius 1 is 1.48 bits per heavy atom. The second kappa shape index (κ2) is 9.01. The number of fused-ring (bicyclic) bond motifs is 1. The van der Waals surface area contributed by atoms with E-state index in [0.29, 0.717) is 34.9 Å². The van der Waals surface area contributed by atoms with Crippen LogP contribution in [0.5, 0.6) is 0 Å². The Bertz CT molecular complexity index is 1090. The lowest BCUT2D eigenvalue weighted by Gasteiger charge is -2.26. The van der Waals surface area contributed by atoms with Crippen LogP contribution in [0.3, 0.4) is 0 Å². The van der Waals surface area contributed by atoms with Crippen molar-refractivity contribution in [3.05, 3.63) is 34.0 Å². The van der Waals surface area contributed by atoms with E-state index in [0.717, 1.165) is 11.3 Å². The van der Waals surface area contributed by atoms with Gasteiger partial charge in [-0.15, -0.1) is 17.9 Å². The molecule has 2 aromatic rings. The summed E-state index contributed by atoms with van der Waals surface area (Å²) in [5.74, 6) is 0.118. The highest BCUT2D eigenvalue weighted by molar-refractivity contribution is 7.99. The van der Waals surface area contributed by atoms with E-state index in [2.05, 4.69) is 11.6 Å². The van der Waals surface area contributed by atoms with Gasteiger partial charge in [-0.2, -0.15) is 0 Å². The zero-order chi connectivity index (χ0) is 21.2. The summed E-state index contributed by atoms with van der Waals surface area (Å²) in [4.78, 5) is 33.7. The lowest BCUT2D eigenvalue weighted by molar-refractivity contribution is -0.129. The molecule has 1 atom stereocenters. The first-order chi connectivity index (χ1) is 13.8. The van der Waals surface area contributed by atoms with E-state index < -0.39 is 9.84 Å². The minimum atomic E-state index is -3.06. The number of thiophene rings is 1. The summed E-state index contributed by atoms with van der Waals surface area (Å²) in [7, 11) is -3.06. The second-order valence-electron chi connectivity index (χ2n) is 6.91. The van der Waals surface area contributed by atoms with Crippen molar-refractivity contribution in [2.24, 2.45) is 0 Å². The predicted octanol–water partition coefficient (Wildman–Crippen LogP) is 2.33. The number of aromatic nitrogens is 2. The molecule has 7 nitrogen and oxygen atoms in total. The highest BCUT2D eigenvalue weighted by atomic mass is 32.2. The van der Waals surface area contributed by atoms with Gasteiger partial charge < -0.3 is 4.90 Å². The minimum absolute atomic E-state index is 0.0254. The van der Waals surface area contributed by atoms with Crippen LogP contribution in [0.4, 0.5) is 0 Å². The SMILES string of the molecule is C=CCn1c(SCC(=O)N(CC)[C@@H]2CCS(=O)(=O)C2)nc2sc(CC)cc2c1=O. The maximum absolute atomic E-state index is 12.9. The smallest absolute Gasteiger partial charge is 0.263 e. The molecular formula is C19H25N3O4S3. The molecule has 0 aromatic carbocycles. The quantitative estimate of drug-likeness (QED) is 0.345. The molecule has 0 bridgehead atoms. The molecule has 0 saturated carbocycles. The van der Waals surface area contributed by atoms with Crippen molar-refractivity contribution >= 4 is 49.1 Å². The molecule has 0 unspecified atom stereocenters. The standard InChI is InChI=1S/C19H25N3O4S3/c1-4-8-22-18(24)15-10-14(5-2)28-17(15)20-19(22)27-11-16(23)21(6-3)13-7-9-29(25,26)12-13/h4,10,13H,1,5-9,11-12H2,2-3H3/t13-/m1/s1. The summed E-state index contributed by atoms with van der Waals surface area (Å²) >= 11 is 2.71. The molecule has 1 aliphatic heterocycles. The topological polar surface area (TPSA) is 89.3 Å². The predicted molar refractivity (Wildman–Crippen MR) is 119 cm³/mol. The van der Waals surface area contributed by atoms with Gasteiger partial charge >= 0.3 is 0 Å². The molecule has 2 aromatic heterocycles. The van der Waals surface area contributed by atoms with Crippen LogP contribution >= 0.6 is 23.1 Å². The number of allylic oxidation sites excluding steroid dienone is 1. The van der Waals surface area contributed by atoms with Crippen LogP contribution in [0.25, 0.3) is 10.2 Å². The Morgan fingerprint density at radius 3 is 2.83 bits per heavy atom. The largest absolute Gasteiger partial charge is 0.338 e. The molecule has 1 aliphatic rings. The monoisotopic (exact) mass is 455 g/mol. The summed E-state index contributed by atoms with van der Waals surface area (Å²) in [5.41, 5.74) is -0.130. The fourth-order valence-corrected chi connectivity index (χ4v) is 7.12.